The summed E-state index contributed by atoms with van der Waals surface area (Å²) in [6, 6.07) is -0.992. The summed E-state index contributed by atoms with van der Waals surface area (Å²) in [5, 5.41) is 0. The first-order chi connectivity index (χ1) is 10.4. The maximum atomic E-state index is 12.6. The van der Waals surface area contributed by atoms with Gasteiger partial charge in [0.05, 0.1) is 29.8 Å². The minimum absolute atomic E-state index is 0.0957. The molecule has 1 aromatic heterocycles. The van der Waals surface area contributed by atoms with E-state index in [1.165, 1.54) is 30.4 Å². The molecule has 0 spiro atoms. The Balaban J connectivity index is 1.91. The Kier molecular flexibility index (Phi) is 3.59. The van der Waals surface area contributed by atoms with Gasteiger partial charge in [-0.15, -0.1) is 0 Å². The number of hydrogen-bond acceptors (Lipinski definition) is 6. The summed E-state index contributed by atoms with van der Waals surface area (Å²) in [5.74, 6) is -0.725. The van der Waals surface area contributed by atoms with Gasteiger partial charge in [-0.3, -0.25) is 14.6 Å². The first-order valence-corrected chi connectivity index (χ1v) is 8.76. The van der Waals surface area contributed by atoms with E-state index in [0.717, 1.165) is 0 Å². The van der Waals surface area contributed by atoms with Crippen LogP contribution in [0.5, 0.6) is 0 Å². The van der Waals surface area contributed by atoms with Gasteiger partial charge in [-0.1, -0.05) is 0 Å². The third-order valence-corrected chi connectivity index (χ3v) is 5.82. The lowest BCUT2D eigenvalue weighted by Crippen LogP contribution is -2.61. The van der Waals surface area contributed by atoms with Gasteiger partial charge in [0.15, 0.2) is 9.84 Å². The molecule has 9 heteroatoms. The second-order valence-corrected chi connectivity index (χ2v) is 7.67. The lowest BCUT2D eigenvalue weighted by Gasteiger charge is -2.43. The first-order valence-electron chi connectivity index (χ1n) is 6.94. The Morgan fingerprint density at radius 1 is 1.14 bits per heavy atom. The molecule has 2 saturated heterocycles. The van der Waals surface area contributed by atoms with E-state index in [0.29, 0.717) is 13.1 Å². The molecule has 22 heavy (non-hydrogen) atoms. The van der Waals surface area contributed by atoms with Crippen LogP contribution in [-0.4, -0.2) is 76.7 Å². The van der Waals surface area contributed by atoms with Gasteiger partial charge in [-0.05, 0) is 0 Å². The predicted molar refractivity (Wildman–Crippen MR) is 76.7 cm³/mol. The quantitative estimate of drug-likeness (QED) is 0.653. The second-order valence-electron chi connectivity index (χ2n) is 5.51. The van der Waals surface area contributed by atoms with E-state index < -0.39 is 21.9 Å². The fourth-order valence-electron chi connectivity index (χ4n) is 3.15. The molecule has 3 rings (SSSR count). The molecule has 2 atom stereocenters. The van der Waals surface area contributed by atoms with Crippen LogP contribution < -0.4 is 0 Å². The van der Waals surface area contributed by atoms with E-state index in [1.54, 1.807) is 4.90 Å². The Labute approximate surface area is 128 Å². The molecule has 8 nitrogen and oxygen atoms in total. The smallest absolute Gasteiger partial charge is 0.274 e. The van der Waals surface area contributed by atoms with Crippen molar-refractivity contribution in [1.29, 1.82) is 0 Å². The number of carbonyl (C=O) groups excluding carboxylic acids is 2. The Bertz CT molecular complexity index is 706. The number of nitrogens with zero attached hydrogens (tertiary/aromatic N) is 4. The summed E-state index contributed by atoms with van der Waals surface area (Å²) in [7, 11) is -3.27. The van der Waals surface area contributed by atoms with Crippen LogP contribution in [0.25, 0.3) is 0 Å². The van der Waals surface area contributed by atoms with Crippen molar-refractivity contribution in [3.05, 3.63) is 24.3 Å². The van der Waals surface area contributed by atoms with Crippen LogP contribution in [-0.2, 0) is 14.6 Å². The van der Waals surface area contributed by atoms with Crippen LogP contribution in [0.3, 0.4) is 0 Å². The summed E-state index contributed by atoms with van der Waals surface area (Å²) in [5.41, 5.74) is 0.182. The lowest BCUT2D eigenvalue weighted by molar-refractivity contribution is -0.133. The van der Waals surface area contributed by atoms with Crippen LogP contribution in [0, 0.1) is 0 Å². The van der Waals surface area contributed by atoms with E-state index in [4.69, 9.17) is 0 Å². The number of rotatable bonds is 1. The molecule has 2 fully saturated rings. The molecule has 1 aromatic rings. The van der Waals surface area contributed by atoms with Crippen molar-refractivity contribution in [1.82, 2.24) is 19.8 Å². The van der Waals surface area contributed by atoms with Gasteiger partial charge >= 0.3 is 0 Å². The van der Waals surface area contributed by atoms with E-state index in [9.17, 15) is 18.0 Å². The summed E-state index contributed by atoms with van der Waals surface area (Å²) < 4.78 is 23.9. The average Bonchev–Trinajstić information content (AvgIpc) is 2.80. The van der Waals surface area contributed by atoms with Crippen LogP contribution in [0.15, 0.2) is 18.6 Å². The monoisotopic (exact) mass is 324 g/mol. The summed E-state index contributed by atoms with van der Waals surface area (Å²) in [4.78, 5) is 35.2. The van der Waals surface area contributed by atoms with Gasteiger partial charge in [0.25, 0.3) is 5.91 Å². The van der Waals surface area contributed by atoms with Gasteiger partial charge in [-0.2, -0.15) is 0 Å². The van der Waals surface area contributed by atoms with Crippen molar-refractivity contribution < 1.29 is 18.0 Å². The average molecular weight is 324 g/mol. The maximum absolute atomic E-state index is 12.6. The van der Waals surface area contributed by atoms with Crippen molar-refractivity contribution in [2.75, 3.05) is 24.6 Å². The molecule has 3 heterocycles. The molecule has 0 N–H and O–H groups in total. The minimum atomic E-state index is -3.27. The number of sulfone groups is 1. The van der Waals surface area contributed by atoms with Crippen molar-refractivity contribution in [3.63, 3.8) is 0 Å². The molecule has 0 aromatic carbocycles. The zero-order valence-corrected chi connectivity index (χ0v) is 12.9. The minimum Gasteiger partial charge on any atom is -0.335 e. The van der Waals surface area contributed by atoms with E-state index >= 15 is 0 Å². The van der Waals surface area contributed by atoms with Crippen LogP contribution in [0.2, 0.25) is 0 Å². The molecular weight excluding hydrogens is 308 g/mol. The molecule has 118 valence electrons. The fraction of sp³-hybridized carbons (Fsp3) is 0.538. The molecule has 0 unspecified atom stereocenters. The van der Waals surface area contributed by atoms with Crippen molar-refractivity contribution in [3.8, 4) is 0 Å². The Morgan fingerprint density at radius 2 is 1.77 bits per heavy atom. The normalized spacial score (nSPS) is 26.6. The number of aromatic nitrogens is 2. The van der Waals surface area contributed by atoms with E-state index in [2.05, 4.69) is 9.97 Å². The Hall–Kier alpha value is -2.03. The number of carbonyl (C=O) groups is 2. The second kappa shape index (κ2) is 5.31. The highest BCUT2D eigenvalue weighted by molar-refractivity contribution is 7.91. The zero-order chi connectivity index (χ0) is 15.9. The number of hydrogen-bond donors (Lipinski definition) is 0. The van der Waals surface area contributed by atoms with Crippen LogP contribution in [0.4, 0.5) is 0 Å². The molecule has 2 aliphatic rings. The topological polar surface area (TPSA) is 101 Å². The molecule has 0 bridgehead atoms. The first kappa shape index (κ1) is 14.9. The zero-order valence-electron chi connectivity index (χ0n) is 12.0. The molecule has 2 amide bonds. The Morgan fingerprint density at radius 3 is 2.36 bits per heavy atom. The van der Waals surface area contributed by atoms with E-state index in [-0.39, 0.29) is 29.0 Å². The predicted octanol–water partition coefficient (Wildman–Crippen LogP) is -1.05. The maximum Gasteiger partial charge on any atom is 0.274 e. The SMILES string of the molecule is CC(=O)N1CCN(C(=O)c2cnccn2)[C@@H]2CS(=O)(=O)C[C@@H]21. The van der Waals surface area contributed by atoms with Gasteiger partial charge in [0.1, 0.15) is 5.69 Å². The number of piperazine rings is 1. The van der Waals surface area contributed by atoms with E-state index in [1.807, 2.05) is 0 Å². The van der Waals surface area contributed by atoms with Gasteiger partial charge in [0, 0.05) is 32.4 Å². The summed E-state index contributed by atoms with van der Waals surface area (Å²) >= 11 is 0. The molecule has 0 radical (unpaired) electrons. The number of amides is 2. The standard InChI is InChI=1S/C13H16N4O4S/c1-9(18)16-4-5-17(12-8-22(20,21)7-11(12)16)13(19)10-6-14-2-3-15-10/h2-3,6,11-12H,4-5,7-8H2,1H3/t11-,12+/m0/s1. The van der Waals surface area contributed by atoms with Crippen molar-refractivity contribution in [2.45, 2.75) is 19.0 Å². The molecule has 0 aliphatic carbocycles. The molecule has 0 saturated carbocycles. The van der Waals surface area contributed by atoms with Crippen LogP contribution in [0.1, 0.15) is 17.4 Å². The third-order valence-electron chi connectivity index (χ3n) is 4.12. The highest BCUT2D eigenvalue weighted by Gasteiger charge is 2.49. The van der Waals surface area contributed by atoms with Gasteiger partial charge in [-0.25, -0.2) is 13.4 Å². The molecule has 2 aliphatic heterocycles. The van der Waals surface area contributed by atoms with Crippen LogP contribution >= 0.6 is 0 Å². The van der Waals surface area contributed by atoms with Crippen molar-refractivity contribution >= 4 is 21.7 Å². The highest BCUT2D eigenvalue weighted by Crippen LogP contribution is 2.27. The fourth-order valence-corrected chi connectivity index (χ4v) is 5.13. The van der Waals surface area contributed by atoms with Crippen molar-refractivity contribution in [2.24, 2.45) is 0 Å². The molecular formula is C13H16N4O4S. The summed E-state index contributed by atoms with van der Waals surface area (Å²) in [6.07, 6.45) is 4.24. The highest BCUT2D eigenvalue weighted by atomic mass is 32.2. The number of fused-ring (bicyclic) bond motifs is 1. The van der Waals surface area contributed by atoms with Gasteiger partial charge < -0.3 is 9.80 Å². The van der Waals surface area contributed by atoms with Gasteiger partial charge in [0.2, 0.25) is 5.91 Å². The third kappa shape index (κ3) is 2.56. The lowest BCUT2D eigenvalue weighted by atomic mass is 10.0. The largest absolute Gasteiger partial charge is 0.335 e. The summed E-state index contributed by atoms with van der Waals surface area (Å²) in [6.45, 7) is 2.05.